The van der Waals surface area contributed by atoms with Crippen molar-refractivity contribution < 1.29 is 0 Å². The summed E-state index contributed by atoms with van der Waals surface area (Å²) in [6.45, 7) is 5.08. The molecule has 72 valence electrons. The molecule has 2 aromatic rings. The molecule has 0 saturated carbocycles. The zero-order valence-corrected chi connectivity index (χ0v) is 8.57. The van der Waals surface area contributed by atoms with Crippen LogP contribution < -0.4 is 0 Å². The number of rotatable bonds is 2. The van der Waals surface area contributed by atoms with E-state index in [1.165, 1.54) is 16.8 Å². The van der Waals surface area contributed by atoms with Gasteiger partial charge in [0.15, 0.2) is 0 Å². The maximum atomic E-state index is 4.10. The zero-order chi connectivity index (χ0) is 9.97. The summed E-state index contributed by atoms with van der Waals surface area (Å²) in [4.78, 5) is 4.10. The standard InChI is InChI=1S/C12H14N2/c1-10-3-5-12(6-4-10)8-14-9-13-7-11(14)2/h3-7,9H,8H2,1-2H3. The van der Waals surface area contributed by atoms with Gasteiger partial charge in [-0.15, -0.1) is 0 Å². The van der Waals surface area contributed by atoms with E-state index >= 15 is 0 Å². The number of benzene rings is 1. The Hall–Kier alpha value is -1.57. The average Bonchev–Trinajstić information content (AvgIpc) is 2.56. The van der Waals surface area contributed by atoms with Gasteiger partial charge in [-0.05, 0) is 19.4 Å². The van der Waals surface area contributed by atoms with Crippen LogP contribution in [-0.4, -0.2) is 9.55 Å². The van der Waals surface area contributed by atoms with Crippen LogP contribution in [0.25, 0.3) is 0 Å². The predicted octanol–water partition coefficient (Wildman–Crippen LogP) is 2.55. The van der Waals surface area contributed by atoms with Crippen LogP contribution in [0.3, 0.4) is 0 Å². The lowest BCUT2D eigenvalue weighted by molar-refractivity contribution is 0.770. The second-order valence-electron chi connectivity index (χ2n) is 3.65. The van der Waals surface area contributed by atoms with Crippen LogP contribution in [-0.2, 0) is 6.54 Å². The monoisotopic (exact) mass is 186 g/mol. The van der Waals surface area contributed by atoms with Gasteiger partial charge < -0.3 is 4.57 Å². The smallest absolute Gasteiger partial charge is 0.0951 e. The second kappa shape index (κ2) is 3.66. The van der Waals surface area contributed by atoms with E-state index in [-0.39, 0.29) is 0 Å². The van der Waals surface area contributed by atoms with Crippen molar-refractivity contribution in [1.82, 2.24) is 9.55 Å². The Balaban J connectivity index is 2.19. The molecule has 1 aromatic carbocycles. The largest absolute Gasteiger partial charge is 0.330 e. The molecule has 0 N–H and O–H groups in total. The predicted molar refractivity (Wildman–Crippen MR) is 57.2 cm³/mol. The summed E-state index contributed by atoms with van der Waals surface area (Å²) in [6.07, 6.45) is 3.75. The summed E-state index contributed by atoms with van der Waals surface area (Å²) < 4.78 is 2.14. The third-order valence-electron chi connectivity index (χ3n) is 2.39. The number of aromatic nitrogens is 2. The first-order valence-corrected chi connectivity index (χ1v) is 4.78. The van der Waals surface area contributed by atoms with Gasteiger partial charge in [-0.3, -0.25) is 0 Å². The Labute approximate surface area is 84.2 Å². The molecule has 0 amide bonds. The normalized spacial score (nSPS) is 10.4. The number of hydrogen-bond acceptors (Lipinski definition) is 1. The van der Waals surface area contributed by atoms with Crippen molar-refractivity contribution in [1.29, 1.82) is 0 Å². The van der Waals surface area contributed by atoms with Gasteiger partial charge in [-0.25, -0.2) is 4.98 Å². The van der Waals surface area contributed by atoms with Crippen molar-refractivity contribution in [3.8, 4) is 0 Å². The molecule has 1 heterocycles. The van der Waals surface area contributed by atoms with Gasteiger partial charge in [-0.1, -0.05) is 29.8 Å². The Morgan fingerprint density at radius 1 is 1.14 bits per heavy atom. The average molecular weight is 186 g/mol. The molecule has 0 radical (unpaired) electrons. The van der Waals surface area contributed by atoms with E-state index < -0.39 is 0 Å². The minimum absolute atomic E-state index is 0.909. The van der Waals surface area contributed by atoms with Gasteiger partial charge in [-0.2, -0.15) is 0 Å². The van der Waals surface area contributed by atoms with Crippen molar-refractivity contribution in [3.05, 3.63) is 53.6 Å². The Bertz CT molecular complexity index is 412. The molecule has 0 fully saturated rings. The van der Waals surface area contributed by atoms with Gasteiger partial charge >= 0.3 is 0 Å². The van der Waals surface area contributed by atoms with Crippen molar-refractivity contribution >= 4 is 0 Å². The third-order valence-corrected chi connectivity index (χ3v) is 2.39. The SMILES string of the molecule is Cc1ccc(Cn2cncc2C)cc1. The minimum Gasteiger partial charge on any atom is -0.330 e. The van der Waals surface area contributed by atoms with E-state index in [0.29, 0.717) is 0 Å². The number of hydrogen-bond donors (Lipinski definition) is 0. The van der Waals surface area contributed by atoms with Gasteiger partial charge in [0.1, 0.15) is 0 Å². The second-order valence-corrected chi connectivity index (χ2v) is 3.65. The lowest BCUT2D eigenvalue weighted by Gasteiger charge is -2.05. The molecule has 0 atom stereocenters. The van der Waals surface area contributed by atoms with E-state index in [2.05, 4.69) is 47.7 Å². The van der Waals surface area contributed by atoms with Crippen LogP contribution >= 0.6 is 0 Å². The van der Waals surface area contributed by atoms with Crippen LogP contribution in [0, 0.1) is 13.8 Å². The van der Waals surface area contributed by atoms with E-state index in [1.54, 1.807) is 0 Å². The van der Waals surface area contributed by atoms with Gasteiger partial charge in [0, 0.05) is 18.4 Å². The summed E-state index contributed by atoms with van der Waals surface area (Å²) in [5.41, 5.74) is 3.82. The molecule has 0 aliphatic heterocycles. The van der Waals surface area contributed by atoms with Gasteiger partial charge in [0.05, 0.1) is 6.33 Å². The molecule has 2 rings (SSSR count). The summed E-state index contributed by atoms with van der Waals surface area (Å²) in [7, 11) is 0. The molecule has 0 aliphatic carbocycles. The van der Waals surface area contributed by atoms with E-state index in [9.17, 15) is 0 Å². The molecule has 2 heteroatoms. The molecular weight excluding hydrogens is 172 g/mol. The molecule has 2 nitrogen and oxygen atoms in total. The Morgan fingerprint density at radius 2 is 1.86 bits per heavy atom. The van der Waals surface area contributed by atoms with Crippen molar-refractivity contribution in [3.63, 3.8) is 0 Å². The summed E-state index contributed by atoms with van der Waals surface area (Å²) in [5.74, 6) is 0. The van der Waals surface area contributed by atoms with Crippen LogP contribution in [0.4, 0.5) is 0 Å². The van der Waals surface area contributed by atoms with Crippen LogP contribution in [0.15, 0.2) is 36.8 Å². The highest BCUT2D eigenvalue weighted by molar-refractivity contribution is 5.21. The minimum atomic E-state index is 0.909. The van der Waals surface area contributed by atoms with Crippen molar-refractivity contribution in [2.24, 2.45) is 0 Å². The molecule has 0 unspecified atom stereocenters. The first kappa shape index (κ1) is 9.00. The number of nitrogens with zero attached hydrogens (tertiary/aromatic N) is 2. The van der Waals surface area contributed by atoms with Crippen LogP contribution in [0.1, 0.15) is 16.8 Å². The van der Waals surface area contributed by atoms with Crippen LogP contribution in [0.5, 0.6) is 0 Å². The highest BCUT2D eigenvalue weighted by atomic mass is 15.0. The first-order valence-electron chi connectivity index (χ1n) is 4.78. The van der Waals surface area contributed by atoms with E-state index in [1.807, 2.05) is 12.5 Å². The molecule has 0 saturated heterocycles. The fraction of sp³-hybridized carbons (Fsp3) is 0.250. The fourth-order valence-electron chi connectivity index (χ4n) is 1.44. The van der Waals surface area contributed by atoms with Crippen molar-refractivity contribution in [2.45, 2.75) is 20.4 Å². The van der Waals surface area contributed by atoms with E-state index in [0.717, 1.165) is 6.54 Å². The van der Waals surface area contributed by atoms with E-state index in [4.69, 9.17) is 0 Å². The molecule has 14 heavy (non-hydrogen) atoms. The topological polar surface area (TPSA) is 17.8 Å². The molecule has 0 aliphatic rings. The summed E-state index contributed by atoms with van der Waals surface area (Å²) >= 11 is 0. The maximum absolute atomic E-state index is 4.10. The van der Waals surface area contributed by atoms with Crippen molar-refractivity contribution in [2.75, 3.05) is 0 Å². The molecule has 1 aromatic heterocycles. The van der Waals surface area contributed by atoms with Crippen LogP contribution in [0.2, 0.25) is 0 Å². The summed E-state index contributed by atoms with van der Waals surface area (Å²) in [6, 6.07) is 8.60. The van der Waals surface area contributed by atoms with Gasteiger partial charge in [0.2, 0.25) is 0 Å². The Morgan fingerprint density at radius 3 is 2.43 bits per heavy atom. The maximum Gasteiger partial charge on any atom is 0.0951 e. The lowest BCUT2D eigenvalue weighted by atomic mass is 10.1. The number of aryl methyl sites for hydroxylation is 2. The zero-order valence-electron chi connectivity index (χ0n) is 8.57. The summed E-state index contributed by atoms with van der Waals surface area (Å²) in [5, 5.41) is 0. The molecule has 0 spiro atoms. The van der Waals surface area contributed by atoms with Gasteiger partial charge in [0.25, 0.3) is 0 Å². The first-order chi connectivity index (χ1) is 6.75. The highest BCUT2D eigenvalue weighted by Gasteiger charge is 1.97. The third kappa shape index (κ3) is 1.84. The number of imidazole rings is 1. The fourth-order valence-corrected chi connectivity index (χ4v) is 1.44. The Kier molecular flexibility index (Phi) is 2.35. The molecular formula is C12H14N2. The highest BCUT2D eigenvalue weighted by Crippen LogP contribution is 2.06. The lowest BCUT2D eigenvalue weighted by Crippen LogP contribution is -1.99. The molecule has 0 bridgehead atoms. The quantitative estimate of drug-likeness (QED) is 0.704.